The Balaban J connectivity index is 2.49. The van der Waals surface area contributed by atoms with Crippen molar-refractivity contribution in [2.45, 2.75) is 0 Å². The van der Waals surface area contributed by atoms with Crippen LogP contribution in [0.1, 0.15) is 15.9 Å². The number of carbonyl (C=O) groups excluding carboxylic acids is 2. The van der Waals surface area contributed by atoms with Crippen LogP contribution in [0.2, 0.25) is 0 Å². The average molecular weight is 269 g/mol. The fourth-order valence-electron chi connectivity index (χ4n) is 1.77. The number of aromatic amines is 1. The van der Waals surface area contributed by atoms with Crippen molar-refractivity contribution < 1.29 is 9.59 Å². The number of aromatic nitrogens is 1. The van der Waals surface area contributed by atoms with Crippen molar-refractivity contribution in [3.8, 4) is 17.3 Å². The van der Waals surface area contributed by atoms with Crippen LogP contribution in [0.5, 0.6) is 0 Å². The Kier molecular flexibility index (Phi) is 3.50. The molecule has 5 N–H and O–H groups in total. The smallest absolute Gasteiger partial charge is 0.252 e. The second kappa shape index (κ2) is 5.26. The number of nitrogens with zero attached hydrogens (tertiary/aromatic N) is 2. The number of benzene rings is 1. The highest BCUT2D eigenvalue weighted by Crippen LogP contribution is 2.26. The van der Waals surface area contributed by atoms with E-state index in [2.05, 4.69) is 4.98 Å². The van der Waals surface area contributed by atoms with Crippen molar-refractivity contribution in [2.75, 3.05) is 5.01 Å². The lowest BCUT2D eigenvalue weighted by Gasteiger charge is -2.08. The van der Waals surface area contributed by atoms with Gasteiger partial charge in [-0.1, -0.05) is 12.1 Å². The van der Waals surface area contributed by atoms with Crippen LogP contribution in [-0.2, 0) is 4.79 Å². The summed E-state index contributed by atoms with van der Waals surface area (Å²) in [6, 6.07) is 10.2. The number of hydrogen-bond donors (Lipinski definition) is 3. The van der Waals surface area contributed by atoms with Crippen LogP contribution in [0.3, 0.4) is 0 Å². The first-order valence-corrected chi connectivity index (χ1v) is 5.59. The Bertz CT molecular complexity index is 697. The third-order valence-corrected chi connectivity index (χ3v) is 2.76. The van der Waals surface area contributed by atoms with E-state index in [1.807, 2.05) is 6.07 Å². The minimum absolute atomic E-state index is 0.110. The average Bonchev–Trinajstić information content (AvgIpc) is 2.92. The van der Waals surface area contributed by atoms with Gasteiger partial charge >= 0.3 is 0 Å². The highest BCUT2D eigenvalue weighted by Gasteiger charge is 2.17. The fraction of sp³-hybridized carbons (Fsp3) is 0. The zero-order valence-electron chi connectivity index (χ0n) is 10.3. The number of H-pyrrole nitrogens is 1. The van der Waals surface area contributed by atoms with E-state index in [4.69, 9.17) is 16.8 Å². The molecular weight excluding hydrogens is 258 g/mol. The molecule has 0 spiro atoms. The van der Waals surface area contributed by atoms with Gasteiger partial charge in [-0.2, -0.15) is 5.26 Å². The molecule has 0 saturated carbocycles. The summed E-state index contributed by atoms with van der Waals surface area (Å²) in [6.07, 6.45) is 0.362. The van der Waals surface area contributed by atoms with E-state index in [-0.39, 0.29) is 11.4 Å². The molecule has 7 heteroatoms. The predicted octanol–water partition coefficient (Wildman–Crippen LogP) is 0.489. The van der Waals surface area contributed by atoms with Crippen molar-refractivity contribution in [2.24, 2.45) is 11.6 Å². The minimum atomic E-state index is -0.701. The number of rotatable bonds is 4. The number of hydrazine groups is 1. The topological polar surface area (TPSA) is 129 Å². The van der Waals surface area contributed by atoms with E-state index < -0.39 is 5.91 Å². The number of amides is 2. The molecule has 100 valence electrons. The number of nitrogens with one attached hydrogen (secondary N) is 1. The molecule has 0 aliphatic rings. The molecule has 1 aromatic heterocycles. The van der Waals surface area contributed by atoms with Gasteiger partial charge in [-0.25, -0.2) is 10.9 Å². The first kappa shape index (κ1) is 13.3. The molecule has 2 aromatic rings. The van der Waals surface area contributed by atoms with E-state index >= 15 is 0 Å². The highest BCUT2D eigenvalue weighted by atomic mass is 16.1. The number of primary amides is 1. The van der Waals surface area contributed by atoms with E-state index in [1.54, 1.807) is 24.3 Å². The summed E-state index contributed by atoms with van der Waals surface area (Å²) in [5.41, 5.74) is 7.17. The Labute approximate surface area is 114 Å². The van der Waals surface area contributed by atoms with E-state index in [9.17, 15) is 9.59 Å². The third kappa shape index (κ3) is 2.36. The second-order valence-electron chi connectivity index (χ2n) is 4.01. The van der Waals surface area contributed by atoms with Crippen LogP contribution in [0.4, 0.5) is 5.82 Å². The Morgan fingerprint density at radius 2 is 2.00 bits per heavy atom. The molecule has 7 nitrogen and oxygen atoms in total. The van der Waals surface area contributed by atoms with Gasteiger partial charge in [-0.15, -0.1) is 0 Å². The van der Waals surface area contributed by atoms with Crippen LogP contribution in [0, 0.1) is 11.3 Å². The number of hydrogen-bond acceptors (Lipinski definition) is 4. The standard InChI is InChI=1S/C13H11N5O2/c14-6-8-1-3-9(4-2-8)11-5-10(12(15)20)13(17-11)18(16)7-19/h1-5,7,17H,16H2,(H2,15,20). The molecule has 0 aliphatic carbocycles. The summed E-state index contributed by atoms with van der Waals surface area (Å²) in [7, 11) is 0. The molecule has 20 heavy (non-hydrogen) atoms. The molecule has 2 rings (SSSR count). The molecule has 0 fully saturated rings. The number of anilines is 1. The molecule has 2 amide bonds. The summed E-state index contributed by atoms with van der Waals surface area (Å²) in [5.74, 6) is 4.87. The van der Waals surface area contributed by atoms with Crippen LogP contribution >= 0.6 is 0 Å². The zero-order valence-corrected chi connectivity index (χ0v) is 10.3. The van der Waals surface area contributed by atoms with Gasteiger partial charge < -0.3 is 10.7 Å². The summed E-state index contributed by atoms with van der Waals surface area (Å²) in [4.78, 5) is 24.9. The third-order valence-electron chi connectivity index (χ3n) is 2.76. The second-order valence-corrected chi connectivity index (χ2v) is 4.01. The van der Waals surface area contributed by atoms with Crippen molar-refractivity contribution in [1.29, 1.82) is 5.26 Å². The van der Waals surface area contributed by atoms with Gasteiger partial charge in [0.2, 0.25) is 6.41 Å². The van der Waals surface area contributed by atoms with E-state index in [1.165, 1.54) is 6.07 Å². The highest BCUT2D eigenvalue weighted by molar-refractivity contribution is 6.01. The zero-order chi connectivity index (χ0) is 14.7. The lowest BCUT2D eigenvalue weighted by Crippen LogP contribution is -2.31. The molecule has 0 atom stereocenters. The Hall–Kier alpha value is -3.11. The first-order chi connectivity index (χ1) is 9.56. The molecule has 0 radical (unpaired) electrons. The van der Waals surface area contributed by atoms with Gasteiger partial charge in [0.25, 0.3) is 5.91 Å². The van der Waals surface area contributed by atoms with Gasteiger partial charge in [0.1, 0.15) is 5.82 Å². The van der Waals surface area contributed by atoms with Crippen molar-refractivity contribution in [3.63, 3.8) is 0 Å². The normalized spacial score (nSPS) is 9.80. The molecule has 0 unspecified atom stereocenters. The molecule has 1 heterocycles. The summed E-state index contributed by atoms with van der Waals surface area (Å²) in [5, 5.41) is 9.49. The molecule has 0 saturated heterocycles. The van der Waals surface area contributed by atoms with Gasteiger partial charge in [-0.05, 0) is 23.8 Å². The van der Waals surface area contributed by atoms with E-state index in [0.717, 1.165) is 10.6 Å². The van der Waals surface area contributed by atoms with Crippen molar-refractivity contribution in [3.05, 3.63) is 41.5 Å². The van der Waals surface area contributed by atoms with Crippen molar-refractivity contribution in [1.82, 2.24) is 4.98 Å². The number of nitrogens with two attached hydrogens (primary N) is 2. The molecule has 0 aliphatic heterocycles. The molecule has 0 bridgehead atoms. The molecule has 1 aromatic carbocycles. The minimum Gasteiger partial charge on any atom is -0.365 e. The SMILES string of the molecule is N#Cc1ccc(-c2cc(C(N)=O)c(N(N)C=O)[nH]2)cc1. The maximum atomic E-state index is 11.3. The monoisotopic (exact) mass is 269 g/mol. The lowest BCUT2D eigenvalue weighted by molar-refractivity contribution is -0.107. The Morgan fingerprint density at radius 3 is 2.50 bits per heavy atom. The van der Waals surface area contributed by atoms with E-state index in [0.29, 0.717) is 17.7 Å². The summed E-state index contributed by atoms with van der Waals surface area (Å²) in [6.45, 7) is 0. The van der Waals surface area contributed by atoms with Gasteiger partial charge in [-0.3, -0.25) is 9.59 Å². The largest absolute Gasteiger partial charge is 0.365 e. The van der Waals surface area contributed by atoms with Crippen LogP contribution in [-0.4, -0.2) is 17.3 Å². The van der Waals surface area contributed by atoms with Crippen LogP contribution in [0.15, 0.2) is 30.3 Å². The fourth-order valence-corrected chi connectivity index (χ4v) is 1.77. The number of nitriles is 1. The maximum absolute atomic E-state index is 11.3. The van der Waals surface area contributed by atoms with Crippen LogP contribution in [0.25, 0.3) is 11.3 Å². The quantitative estimate of drug-likeness (QED) is 0.323. The van der Waals surface area contributed by atoms with Crippen LogP contribution < -0.4 is 16.6 Å². The Morgan fingerprint density at radius 1 is 1.35 bits per heavy atom. The summed E-state index contributed by atoms with van der Waals surface area (Å²) >= 11 is 0. The predicted molar refractivity (Wildman–Crippen MR) is 72.2 cm³/mol. The van der Waals surface area contributed by atoms with Gasteiger partial charge in [0, 0.05) is 5.69 Å². The lowest BCUT2D eigenvalue weighted by atomic mass is 10.1. The number of carbonyl (C=O) groups is 2. The summed E-state index contributed by atoms with van der Waals surface area (Å²) < 4.78 is 0. The van der Waals surface area contributed by atoms with Gasteiger partial charge in [0.05, 0.1) is 17.2 Å². The first-order valence-electron chi connectivity index (χ1n) is 5.59. The van der Waals surface area contributed by atoms with Gasteiger partial charge in [0.15, 0.2) is 0 Å². The van der Waals surface area contributed by atoms with Crippen molar-refractivity contribution >= 4 is 18.1 Å². The maximum Gasteiger partial charge on any atom is 0.252 e. The molecular formula is C13H11N5O2.